The Morgan fingerprint density at radius 2 is 1.26 bits per heavy atom. The SMILES string of the molecule is CC(=O)O[C@H]1O[C@H](COCc2ccccc2)[C@@H](OC(C)=O)[C@H](OC(C)=O)[C@H]1OC(C)=O. The number of hydrogen-bond acceptors (Lipinski definition) is 10. The molecule has 10 nitrogen and oxygen atoms in total. The lowest BCUT2D eigenvalue weighted by molar-refractivity contribution is -0.301. The smallest absolute Gasteiger partial charge is 0.305 e. The van der Waals surface area contributed by atoms with Crippen LogP contribution in [0, 0.1) is 0 Å². The molecule has 1 aromatic rings. The largest absolute Gasteiger partial charge is 0.456 e. The van der Waals surface area contributed by atoms with Gasteiger partial charge in [-0.2, -0.15) is 0 Å². The number of esters is 4. The number of ether oxygens (including phenoxy) is 6. The third-order valence-corrected chi connectivity index (χ3v) is 4.17. The lowest BCUT2D eigenvalue weighted by Crippen LogP contribution is -2.63. The third kappa shape index (κ3) is 7.65. The van der Waals surface area contributed by atoms with Gasteiger partial charge < -0.3 is 28.4 Å². The van der Waals surface area contributed by atoms with Crippen LogP contribution >= 0.6 is 0 Å². The van der Waals surface area contributed by atoms with Gasteiger partial charge in [0.2, 0.25) is 12.4 Å². The highest BCUT2D eigenvalue weighted by molar-refractivity contribution is 5.69. The molecule has 170 valence electrons. The highest BCUT2D eigenvalue weighted by Gasteiger charge is 2.53. The van der Waals surface area contributed by atoms with E-state index in [1.807, 2.05) is 30.3 Å². The monoisotopic (exact) mass is 438 g/mol. The molecule has 1 aromatic carbocycles. The quantitative estimate of drug-likeness (QED) is 0.433. The molecule has 0 amide bonds. The van der Waals surface area contributed by atoms with Gasteiger partial charge >= 0.3 is 23.9 Å². The first-order valence-electron chi connectivity index (χ1n) is 9.63. The molecule has 0 aromatic heterocycles. The summed E-state index contributed by atoms with van der Waals surface area (Å²) < 4.78 is 32.4. The summed E-state index contributed by atoms with van der Waals surface area (Å²) in [5.41, 5.74) is 0.896. The van der Waals surface area contributed by atoms with Gasteiger partial charge in [-0.15, -0.1) is 0 Å². The van der Waals surface area contributed by atoms with Gasteiger partial charge in [0.05, 0.1) is 13.2 Å². The molecule has 10 heteroatoms. The zero-order valence-corrected chi connectivity index (χ0v) is 17.8. The van der Waals surface area contributed by atoms with Crippen LogP contribution in [0.5, 0.6) is 0 Å². The first kappa shape index (κ1) is 24.3. The maximum Gasteiger partial charge on any atom is 0.305 e. The molecule has 2 rings (SSSR count). The Labute approximate surface area is 179 Å². The minimum absolute atomic E-state index is 0.0881. The summed E-state index contributed by atoms with van der Waals surface area (Å²) in [4.78, 5) is 46.6. The van der Waals surface area contributed by atoms with E-state index in [0.717, 1.165) is 26.3 Å². The summed E-state index contributed by atoms with van der Waals surface area (Å²) in [5.74, 6) is -2.83. The molecule has 0 N–H and O–H groups in total. The van der Waals surface area contributed by atoms with Crippen molar-refractivity contribution in [3.63, 3.8) is 0 Å². The van der Waals surface area contributed by atoms with Crippen molar-refractivity contribution in [2.75, 3.05) is 6.61 Å². The van der Waals surface area contributed by atoms with Crippen LogP contribution < -0.4 is 0 Å². The second kappa shape index (κ2) is 11.4. The Morgan fingerprint density at radius 1 is 0.742 bits per heavy atom. The van der Waals surface area contributed by atoms with Crippen LogP contribution in [0.2, 0.25) is 0 Å². The predicted molar refractivity (Wildman–Crippen MR) is 103 cm³/mol. The van der Waals surface area contributed by atoms with Gasteiger partial charge in [0.15, 0.2) is 12.2 Å². The zero-order valence-electron chi connectivity index (χ0n) is 17.8. The van der Waals surface area contributed by atoms with E-state index in [-0.39, 0.29) is 13.2 Å². The van der Waals surface area contributed by atoms with Crippen LogP contribution in [0.15, 0.2) is 30.3 Å². The van der Waals surface area contributed by atoms with Crippen LogP contribution in [0.3, 0.4) is 0 Å². The number of carbonyl (C=O) groups is 4. The molecule has 0 bridgehead atoms. The topological polar surface area (TPSA) is 124 Å². The van der Waals surface area contributed by atoms with Crippen molar-refractivity contribution in [3.05, 3.63) is 35.9 Å². The molecule has 1 fully saturated rings. The van der Waals surface area contributed by atoms with Crippen molar-refractivity contribution in [1.29, 1.82) is 0 Å². The molecule has 0 radical (unpaired) electrons. The molecule has 1 aliphatic heterocycles. The van der Waals surface area contributed by atoms with Gasteiger partial charge in [-0.3, -0.25) is 19.2 Å². The molecule has 0 saturated carbocycles. The van der Waals surface area contributed by atoms with Gasteiger partial charge in [-0.25, -0.2) is 0 Å². The Kier molecular flexibility index (Phi) is 8.95. The van der Waals surface area contributed by atoms with Gasteiger partial charge in [-0.05, 0) is 5.56 Å². The van der Waals surface area contributed by atoms with E-state index in [4.69, 9.17) is 28.4 Å². The number of rotatable bonds is 8. The van der Waals surface area contributed by atoms with E-state index in [1.54, 1.807) is 0 Å². The van der Waals surface area contributed by atoms with Crippen molar-refractivity contribution in [2.45, 2.75) is 65.0 Å². The fraction of sp³-hybridized carbons (Fsp3) is 0.524. The summed E-state index contributed by atoms with van der Waals surface area (Å²) >= 11 is 0. The fourth-order valence-corrected chi connectivity index (χ4v) is 3.11. The molecular weight excluding hydrogens is 412 g/mol. The minimum Gasteiger partial charge on any atom is -0.456 e. The maximum atomic E-state index is 11.7. The molecule has 31 heavy (non-hydrogen) atoms. The second-order valence-electron chi connectivity index (χ2n) is 6.88. The van der Waals surface area contributed by atoms with Crippen molar-refractivity contribution >= 4 is 23.9 Å². The summed E-state index contributed by atoms with van der Waals surface area (Å²) in [5, 5.41) is 0. The second-order valence-corrected chi connectivity index (χ2v) is 6.88. The van der Waals surface area contributed by atoms with Crippen LogP contribution in [-0.2, 0) is 54.2 Å². The average Bonchev–Trinajstić information content (AvgIpc) is 2.66. The van der Waals surface area contributed by atoms with Crippen molar-refractivity contribution in [3.8, 4) is 0 Å². The van der Waals surface area contributed by atoms with E-state index in [9.17, 15) is 19.2 Å². The van der Waals surface area contributed by atoms with E-state index in [2.05, 4.69) is 0 Å². The van der Waals surface area contributed by atoms with Crippen LogP contribution in [0.4, 0.5) is 0 Å². The molecule has 0 unspecified atom stereocenters. The predicted octanol–water partition coefficient (Wildman–Crippen LogP) is 1.29. The standard InChI is InChI=1S/C21H26O10/c1-12(22)27-18-17(11-26-10-16-8-6-5-7-9-16)31-21(30-15(4)25)20(29-14(3)24)19(18)28-13(2)23/h5-9,17-21H,10-11H2,1-4H3/t17-,18-,19+,20-,21+/m1/s1. The fourth-order valence-electron chi connectivity index (χ4n) is 3.11. The Morgan fingerprint density at radius 3 is 1.81 bits per heavy atom. The Hall–Kier alpha value is -2.98. The van der Waals surface area contributed by atoms with Crippen LogP contribution in [-0.4, -0.2) is 61.2 Å². The molecule has 1 saturated heterocycles. The molecule has 1 aliphatic rings. The Bertz CT molecular complexity index is 778. The number of benzene rings is 1. The third-order valence-electron chi connectivity index (χ3n) is 4.17. The average molecular weight is 438 g/mol. The van der Waals surface area contributed by atoms with E-state index in [1.165, 1.54) is 6.92 Å². The minimum atomic E-state index is -1.40. The summed E-state index contributed by atoms with van der Waals surface area (Å²) in [7, 11) is 0. The van der Waals surface area contributed by atoms with Crippen molar-refractivity contribution in [1.82, 2.24) is 0 Å². The van der Waals surface area contributed by atoms with Gasteiger partial charge in [0, 0.05) is 27.7 Å². The van der Waals surface area contributed by atoms with Gasteiger partial charge in [0.1, 0.15) is 6.10 Å². The lowest BCUT2D eigenvalue weighted by Gasteiger charge is -2.43. The molecule has 0 spiro atoms. The molecule has 0 aliphatic carbocycles. The van der Waals surface area contributed by atoms with Gasteiger partial charge in [0.25, 0.3) is 0 Å². The molecular formula is C21H26O10. The molecule has 1 heterocycles. The van der Waals surface area contributed by atoms with Gasteiger partial charge in [-0.1, -0.05) is 30.3 Å². The zero-order chi connectivity index (χ0) is 23.0. The highest BCUT2D eigenvalue weighted by Crippen LogP contribution is 2.30. The van der Waals surface area contributed by atoms with Crippen LogP contribution in [0.25, 0.3) is 0 Å². The summed E-state index contributed by atoms with van der Waals surface area (Å²) in [6.07, 6.45) is -6.18. The first-order valence-corrected chi connectivity index (χ1v) is 9.63. The Balaban J connectivity index is 2.28. The van der Waals surface area contributed by atoms with Crippen molar-refractivity contribution in [2.24, 2.45) is 0 Å². The first-order chi connectivity index (χ1) is 14.7. The number of carbonyl (C=O) groups excluding carboxylic acids is 4. The lowest BCUT2D eigenvalue weighted by atomic mass is 9.98. The maximum absolute atomic E-state index is 11.7. The van der Waals surface area contributed by atoms with E-state index < -0.39 is 54.6 Å². The molecule has 5 atom stereocenters. The van der Waals surface area contributed by atoms with Crippen molar-refractivity contribution < 1.29 is 47.6 Å². The summed E-state index contributed by atoms with van der Waals surface area (Å²) in [6.45, 7) is 4.74. The van der Waals surface area contributed by atoms with E-state index >= 15 is 0 Å². The normalized spacial score (nSPS) is 25.2. The highest BCUT2D eigenvalue weighted by atomic mass is 16.7. The van der Waals surface area contributed by atoms with E-state index in [0.29, 0.717) is 0 Å². The number of hydrogen-bond donors (Lipinski definition) is 0. The summed E-state index contributed by atoms with van der Waals surface area (Å²) in [6, 6.07) is 9.31. The van der Waals surface area contributed by atoms with Crippen LogP contribution in [0.1, 0.15) is 33.3 Å².